The number of nitrogens with one attached hydrogen (secondary N) is 1. The van der Waals surface area contributed by atoms with Gasteiger partial charge in [0, 0.05) is 29.5 Å². The minimum absolute atomic E-state index is 0.0425. The largest absolute Gasteiger partial charge is 0.326 e. The quantitative estimate of drug-likeness (QED) is 0.619. The van der Waals surface area contributed by atoms with E-state index in [9.17, 15) is 4.79 Å². The van der Waals surface area contributed by atoms with Crippen molar-refractivity contribution >= 4 is 23.2 Å². The summed E-state index contributed by atoms with van der Waals surface area (Å²) in [7, 11) is 0. The van der Waals surface area contributed by atoms with E-state index in [-0.39, 0.29) is 5.91 Å². The van der Waals surface area contributed by atoms with Crippen LogP contribution in [0.25, 0.3) is 0 Å². The third-order valence-electron chi connectivity index (χ3n) is 4.18. The standard InChI is InChI=1S/C22H21ClN2O/c23-20-8-4-17(5-9-20)2-1-3-22(26)25-21-10-6-18(7-11-21)16-19-12-14-24-15-13-19/h4-15H,1-3,16H2,(H,25,26). The highest BCUT2D eigenvalue weighted by Gasteiger charge is 2.04. The summed E-state index contributed by atoms with van der Waals surface area (Å²) in [6.45, 7) is 0. The molecule has 0 unspecified atom stereocenters. The molecule has 1 aromatic heterocycles. The number of carbonyl (C=O) groups is 1. The van der Waals surface area contributed by atoms with Gasteiger partial charge in [0.1, 0.15) is 0 Å². The van der Waals surface area contributed by atoms with Crippen molar-refractivity contribution in [3.8, 4) is 0 Å². The van der Waals surface area contributed by atoms with E-state index in [0.717, 1.165) is 30.0 Å². The lowest BCUT2D eigenvalue weighted by Gasteiger charge is -2.07. The van der Waals surface area contributed by atoms with Gasteiger partial charge in [-0.2, -0.15) is 0 Å². The Balaban J connectivity index is 1.44. The Morgan fingerprint density at radius 2 is 1.46 bits per heavy atom. The number of aryl methyl sites for hydroxylation is 1. The van der Waals surface area contributed by atoms with E-state index in [4.69, 9.17) is 11.6 Å². The molecule has 4 heteroatoms. The molecule has 0 radical (unpaired) electrons. The lowest BCUT2D eigenvalue weighted by molar-refractivity contribution is -0.116. The van der Waals surface area contributed by atoms with Gasteiger partial charge < -0.3 is 5.32 Å². The average molecular weight is 365 g/mol. The van der Waals surface area contributed by atoms with Gasteiger partial charge in [0.2, 0.25) is 5.91 Å². The molecule has 0 atom stereocenters. The second-order valence-corrected chi connectivity index (χ2v) is 6.69. The zero-order valence-electron chi connectivity index (χ0n) is 14.5. The van der Waals surface area contributed by atoms with Crippen LogP contribution in [0.4, 0.5) is 5.69 Å². The first-order chi connectivity index (χ1) is 12.7. The molecule has 3 nitrogen and oxygen atoms in total. The molecular weight excluding hydrogens is 344 g/mol. The molecule has 0 saturated heterocycles. The van der Waals surface area contributed by atoms with Crippen LogP contribution in [0.3, 0.4) is 0 Å². The Hall–Kier alpha value is -2.65. The van der Waals surface area contributed by atoms with Gasteiger partial charge in [0.25, 0.3) is 0 Å². The predicted molar refractivity (Wildman–Crippen MR) is 107 cm³/mol. The molecule has 1 N–H and O–H groups in total. The van der Waals surface area contributed by atoms with E-state index in [2.05, 4.69) is 10.3 Å². The van der Waals surface area contributed by atoms with Crippen LogP contribution in [-0.2, 0) is 17.6 Å². The number of benzene rings is 2. The smallest absolute Gasteiger partial charge is 0.224 e. The number of amides is 1. The van der Waals surface area contributed by atoms with Crippen molar-refractivity contribution in [2.75, 3.05) is 5.32 Å². The fourth-order valence-electron chi connectivity index (χ4n) is 2.77. The molecule has 3 rings (SSSR count). The van der Waals surface area contributed by atoms with Gasteiger partial charge in [0.15, 0.2) is 0 Å². The van der Waals surface area contributed by atoms with Crippen LogP contribution < -0.4 is 5.32 Å². The van der Waals surface area contributed by atoms with Crippen LogP contribution in [0.2, 0.25) is 5.02 Å². The summed E-state index contributed by atoms with van der Waals surface area (Å²) in [6, 6.07) is 19.8. The number of aromatic nitrogens is 1. The summed E-state index contributed by atoms with van der Waals surface area (Å²) in [5.41, 5.74) is 4.46. The first-order valence-electron chi connectivity index (χ1n) is 8.71. The van der Waals surface area contributed by atoms with Gasteiger partial charge in [-0.3, -0.25) is 9.78 Å². The third kappa shape index (κ3) is 5.71. The number of hydrogen-bond acceptors (Lipinski definition) is 2. The van der Waals surface area contributed by atoms with Crippen LogP contribution in [-0.4, -0.2) is 10.9 Å². The first kappa shape index (κ1) is 18.2. The van der Waals surface area contributed by atoms with Crippen LogP contribution in [0.1, 0.15) is 29.5 Å². The molecule has 3 aromatic rings. The number of pyridine rings is 1. The molecule has 0 aliphatic heterocycles. The molecule has 26 heavy (non-hydrogen) atoms. The van der Waals surface area contributed by atoms with Crippen molar-refractivity contribution in [1.29, 1.82) is 0 Å². The lowest BCUT2D eigenvalue weighted by Crippen LogP contribution is -2.11. The maximum Gasteiger partial charge on any atom is 0.224 e. The molecule has 2 aromatic carbocycles. The summed E-state index contributed by atoms with van der Waals surface area (Å²) >= 11 is 5.88. The van der Waals surface area contributed by atoms with Gasteiger partial charge in [-0.1, -0.05) is 35.9 Å². The Morgan fingerprint density at radius 1 is 0.846 bits per heavy atom. The Kier molecular flexibility index (Phi) is 6.39. The van der Waals surface area contributed by atoms with Crippen molar-refractivity contribution in [2.24, 2.45) is 0 Å². The number of hydrogen-bond donors (Lipinski definition) is 1. The van der Waals surface area contributed by atoms with E-state index in [0.29, 0.717) is 6.42 Å². The predicted octanol–water partition coefficient (Wildman–Crippen LogP) is 5.29. The fourth-order valence-corrected chi connectivity index (χ4v) is 2.90. The van der Waals surface area contributed by atoms with Crippen molar-refractivity contribution < 1.29 is 4.79 Å². The first-order valence-corrected chi connectivity index (χ1v) is 9.09. The summed E-state index contributed by atoms with van der Waals surface area (Å²) < 4.78 is 0. The minimum atomic E-state index is 0.0425. The average Bonchev–Trinajstić information content (AvgIpc) is 2.66. The number of rotatable bonds is 7. The van der Waals surface area contributed by atoms with Gasteiger partial charge in [-0.25, -0.2) is 0 Å². The Labute approximate surface area is 159 Å². The van der Waals surface area contributed by atoms with Gasteiger partial charge in [-0.05, 0) is 72.4 Å². The van der Waals surface area contributed by atoms with Crippen LogP contribution >= 0.6 is 11.6 Å². The van der Waals surface area contributed by atoms with E-state index >= 15 is 0 Å². The van der Waals surface area contributed by atoms with Crippen molar-refractivity contribution in [2.45, 2.75) is 25.7 Å². The molecule has 0 spiro atoms. The van der Waals surface area contributed by atoms with Gasteiger partial charge in [0.05, 0.1) is 0 Å². The van der Waals surface area contributed by atoms with E-state index in [1.807, 2.05) is 60.7 Å². The van der Waals surface area contributed by atoms with Crippen molar-refractivity contribution in [3.63, 3.8) is 0 Å². The van der Waals surface area contributed by atoms with Gasteiger partial charge in [-0.15, -0.1) is 0 Å². The molecule has 0 aliphatic carbocycles. The third-order valence-corrected chi connectivity index (χ3v) is 4.43. The number of nitrogens with zero attached hydrogens (tertiary/aromatic N) is 1. The second-order valence-electron chi connectivity index (χ2n) is 6.26. The van der Waals surface area contributed by atoms with Gasteiger partial charge >= 0.3 is 0 Å². The molecule has 1 heterocycles. The van der Waals surface area contributed by atoms with Crippen LogP contribution in [0.5, 0.6) is 0 Å². The fraction of sp³-hybridized carbons (Fsp3) is 0.182. The highest BCUT2D eigenvalue weighted by Crippen LogP contribution is 2.15. The lowest BCUT2D eigenvalue weighted by atomic mass is 10.1. The topological polar surface area (TPSA) is 42.0 Å². The Morgan fingerprint density at radius 3 is 2.15 bits per heavy atom. The molecule has 1 amide bonds. The monoisotopic (exact) mass is 364 g/mol. The zero-order chi connectivity index (χ0) is 18.2. The summed E-state index contributed by atoms with van der Waals surface area (Å²) in [5.74, 6) is 0.0425. The van der Waals surface area contributed by atoms with Crippen LogP contribution in [0, 0.1) is 0 Å². The van der Waals surface area contributed by atoms with Crippen LogP contribution in [0.15, 0.2) is 73.1 Å². The highest BCUT2D eigenvalue weighted by molar-refractivity contribution is 6.30. The van der Waals surface area contributed by atoms with E-state index in [1.54, 1.807) is 12.4 Å². The Bertz CT molecular complexity index is 830. The molecular formula is C22H21ClN2O. The molecule has 0 fully saturated rings. The molecule has 132 valence electrons. The van der Waals surface area contributed by atoms with Crippen molar-refractivity contribution in [3.05, 3.63) is 94.8 Å². The maximum atomic E-state index is 12.1. The second kappa shape index (κ2) is 9.16. The maximum absolute atomic E-state index is 12.1. The summed E-state index contributed by atoms with van der Waals surface area (Å²) in [5, 5.41) is 3.69. The summed E-state index contributed by atoms with van der Waals surface area (Å²) in [6.07, 6.45) is 6.64. The highest BCUT2D eigenvalue weighted by atomic mass is 35.5. The normalized spacial score (nSPS) is 10.5. The molecule has 0 bridgehead atoms. The zero-order valence-corrected chi connectivity index (χ0v) is 15.2. The SMILES string of the molecule is O=C(CCCc1ccc(Cl)cc1)Nc1ccc(Cc2ccncc2)cc1. The van der Waals surface area contributed by atoms with E-state index < -0.39 is 0 Å². The summed E-state index contributed by atoms with van der Waals surface area (Å²) in [4.78, 5) is 16.1. The van der Waals surface area contributed by atoms with Crippen molar-refractivity contribution in [1.82, 2.24) is 4.98 Å². The number of halogens is 1. The van der Waals surface area contributed by atoms with E-state index in [1.165, 1.54) is 16.7 Å². The number of carbonyl (C=O) groups excluding carboxylic acids is 1. The molecule has 0 saturated carbocycles. The molecule has 0 aliphatic rings. The number of anilines is 1. The minimum Gasteiger partial charge on any atom is -0.326 e.